The molecule has 0 aromatic heterocycles. The second kappa shape index (κ2) is 13.6. The number of unbranched alkanes of at least 4 members (excludes halogenated alkanes) is 1. The van der Waals surface area contributed by atoms with Gasteiger partial charge in [0.25, 0.3) is 0 Å². The summed E-state index contributed by atoms with van der Waals surface area (Å²) in [4.78, 5) is 53.4. The summed E-state index contributed by atoms with van der Waals surface area (Å²) >= 11 is 0. The van der Waals surface area contributed by atoms with Crippen molar-refractivity contribution >= 4 is 24.0 Å². The molecule has 1 amide bonds. The van der Waals surface area contributed by atoms with Crippen LogP contribution in [0.2, 0.25) is 0 Å². The van der Waals surface area contributed by atoms with Crippen molar-refractivity contribution in [2.24, 2.45) is 0 Å². The molecule has 2 aliphatic heterocycles. The maximum absolute atomic E-state index is 13.3. The van der Waals surface area contributed by atoms with Crippen molar-refractivity contribution in [1.29, 1.82) is 0 Å². The van der Waals surface area contributed by atoms with Crippen LogP contribution in [0.25, 0.3) is 0 Å². The number of rotatable bonds is 12. The SMILES string of the molecule is CCCCOC(=O)[C@H](CCC(=O)O[C@@H](C)C(=O)OC1=CC[C@@]2(O)[C@H]3Cc4ccc(OC)c5c4[C@@]2(CCN3C)[C@H]1O5)NC(=O)OC(C)(C)C. The lowest BCUT2D eigenvalue weighted by Crippen LogP contribution is -2.74. The average Bonchev–Trinajstić information content (AvgIpc) is 3.37. The van der Waals surface area contributed by atoms with Crippen molar-refractivity contribution in [2.45, 2.75) is 120 Å². The van der Waals surface area contributed by atoms with Gasteiger partial charge in [0.1, 0.15) is 17.4 Å². The van der Waals surface area contributed by atoms with Crippen LogP contribution < -0.4 is 14.8 Å². The summed E-state index contributed by atoms with van der Waals surface area (Å²) in [5.74, 6) is -0.947. The number of likely N-dealkylation sites (N-methyl/N-ethyl adjacent to an activating group) is 1. The molecule has 0 unspecified atom stereocenters. The molecule has 13 heteroatoms. The predicted octanol–water partition coefficient (Wildman–Crippen LogP) is 3.46. The van der Waals surface area contributed by atoms with Crippen molar-refractivity contribution in [2.75, 3.05) is 27.3 Å². The molecule has 2 bridgehead atoms. The zero-order valence-corrected chi connectivity index (χ0v) is 28.9. The highest BCUT2D eigenvalue weighted by Gasteiger charge is 2.72. The normalized spacial score (nSPS) is 26.5. The Kier molecular flexibility index (Phi) is 10.0. The Morgan fingerprint density at radius 3 is 2.62 bits per heavy atom. The van der Waals surface area contributed by atoms with Gasteiger partial charge < -0.3 is 43.7 Å². The van der Waals surface area contributed by atoms with Crippen molar-refractivity contribution in [3.05, 3.63) is 35.1 Å². The molecule has 48 heavy (non-hydrogen) atoms. The zero-order chi connectivity index (χ0) is 35.0. The van der Waals surface area contributed by atoms with E-state index in [1.807, 2.05) is 26.1 Å². The number of ether oxygens (including phenoxy) is 6. The van der Waals surface area contributed by atoms with E-state index < -0.39 is 58.9 Å². The summed E-state index contributed by atoms with van der Waals surface area (Å²) in [6.45, 7) is 9.29. The van der Waals surface area contributed by atoms with Crippen LogP contribution >= 0.6 is 0 Å². The number of amides is 1. The summed E-state index contributed by atoms with van der Waals surface area (Å²) < 4.78 is 33.9. The van der Waals surface area contributed by atoms with Crippen LogP contribution in [-0.2, 0) is 45.2 Å². The van der Waals surface area contributed by atoms with Gasteiger partial charge in [0.2, 0.25) is 0 Å². The van der Waals surface area contributed by atoms with Gasteiger partial charge in [-0.3, -0.25) is 4.79 Å². The standard InChI is InChI=1S/C35H48N2O11/c1-8-9-18-44-31(40)22(36-32(41)48-33(3,4)5)11-13-26(38)45-20(2)30(39)46-24-14-15-35(42)25-19-21-10-12-23(43-7)28-27(21)34(35,29(24)47-28)16-17-37(25)6/h10,12,14,20,22,25,29,42H,8-9,11,13,15-19H2,1-7H3,(H,36,41)/t20-,22-,25+,29-,34-,35+/m0/s1. The fourth-order valence-corrected chi connectivity index (χ4v) is 7.47. The molecule has 6 atom stereocenters. The zero-order valence-electron chi connectivity index (χ0n) is 28.9. The molecule has 1 fully saturated rings. The molecule has 13 nitrogen and oxygen atoms in total. The third kappa shape index (κ3) is 6.46. The largest absolute Gasteiger partial charge is 0.493 e. The number of carbonyl (C=O) groups excluding carboxylic acids is 4. The number of piperidine rings is 1. The Hall–Kier alpha value is -3.84. The average molecular weight is 673 g/mol. The Labute approximate surface area is 281 Å². The monoisotopic (exact) mass is 672 g/mol. The first-order valence-corrected chi connectivity index (χ1v) is 16.7. The van der Waals surface area contributed by atoms with Crippen molar-refractivity contribution < 1.29 is 52.7 Å². The van der Waals surface area contributed by atoms with E-state index in [0.29, 0.717) is 37.3 Å². The van der Waals surface area contributed by atoms with Crippen molar-refractivity contribution in [3.8, 4) is 11.5 Å². The third-order valence-electron chi connectivity index (χ3n) is 9.77. The van der Waals surface area contributed by atoms with Gasteiger partial charge in [0.05, 0.1) is 24.7 Å². The van der Waals surface area contributed by atoms with E-state index in [1.165, 1.54) is 6.92 Å². The van der Waals surface area contributed by atoms with Gasteiger partial charge in [-0.05, 0) is 84.7 Å². The van der Waals surface area contributed by atoms with E-state index in [4.69, 9.17) is 28.4 Å². The lowest BCUT2D eigenvalue weighted by molar-refractivity contribution is -0.175. The summed E-state index contributed by atoms with van der Waals surface area (Å²) in [7, 11) is 3.57. The lowest BCUT2D eigenvalue weighted by Gasteiger charge is -2.61. The molecule has 1 saturated heterocycles. The van der Waals surface area contributed by atoms with Gasteiger partial charge in [0.15, 0.2) is 23.7 Å². The maximum Gasteiger partial charge on any atom is 0.408 e. The molecule has 4 aliphatic rings. The number of hydrogen-bond donors (Lipinski definition) is 2. The molecule has 1 aromatic rings. The number of nitrogens with zero attached hydrogens (tertiary/aromatic N) is 1. The van der Waals surface area contributed by atoms with E-state index in [0.717, 1.165) is 17.5 Å². The molecular formula is C35H48N2O11. The number of likely N-dealkylation sites (tertiary alicyclic amines) is 1. The van der Waals surface area contributed by atoms with Crippen molar-refractivity contribution in [1.82, 2.24) is 10.2 Å². The second-order valence-corrected chi connectivity index (χ2v) is 14.1. The van der Waals surface area contributed by atoms with Crippen LogP contribution in [0.1, 0.15) is 84.3 Å². The Bertz CT molecular complexity index is 1470. The molecule has 0 radical (unpaired) electrons. The topological polar surface area (TPSA) is 159 Å². The van der Waals surface area contributed by atoms with Gasteiger partial charge >= 0.3 is 24.0 Å². The van der Waals surface area contributed by atoms with Gasteiger partial charge in [0, 0.05) is 24.4 Å². The molecule has 264 valence electrons. The molecule has 5 rings (SSSR count). The van der Waals surface area contributed by atoms with E-state index in [9.17, 15) is 24.3 Å². The molecular weight excluding hydrogens is 624 g/mol. The fraction of sp³-hybridized carbons (Fsp3) is 0.657. The summed E-state index contributed by atoms with van der Waals surface area (Å²) in [6, 6.07) is 2.56. The van der Waals surface area contributed by atoms with E-state index in [-0.39, 0.29) is 37.7 Å². The van der Waals surface area contributed by atoms with Crippen LogP contribution in [0.3, 0.4) is 0 Å². The third-order valence-corrected chi connectivity index (χ3v) is 9.77. The number of nitrogens with one attached hydrogen (secondary N) is 1. The number of aliphatic hydroxyl groups is 1. The molecule has 2 aliphatic carbocycles. The van der Waals surface area contributed by atoms with Crippen LogP contribution in [0, 0.1) is 0 Å². The highest BCUT2D eigenvalue weighted by Crippen LogP contribution is 2.65. The van der Waals surface area contributed by atoms with Gasteiger partial charge in [-0.1, -0.05) is 19.4 Å². The number of benzene rings is 1. The summed E-state index contributed by atoms with van der Waals surface area (Å²) in [5.41, 5.74) is -0.840. The number of alkyl carbamates (subject to hydrolysis) is 1. The van der Waals surface area contributed by atoms with Crippen LogP contribution in [-0.4, -0.2) is 96.8 Å². The predicted molar refractivity (Wildman–Crippen MR) is 171 cm³/mol. The number of hydrogen-bond acceptors (Lipinski definition) is 12. The smallest absolute Gasteiger partial charge is 0.408 e. The number of esters is 3. The van der Waals surface area contributed by atoms with Crippen molar-refractivity contribution in [3.63, 3.8) is 0 Å². The molecule has 1 spiro atoms. The first kappa shape index (κ1) is 35.5. The minimum absolute atomic E-state index is 0.134. The highest BCUT2D eigenvalue weighted by atomic mass is 16.6. The number of carbonyl (C=O) groups is 4. The first-order chi connectivity index (χ1) is 22.6. The number of methoxy groups -OCH3 is 1. The summed E-state index contributed by atoms with van der Waals surface area (Å²) in [5, 5.41) is 14.8. The Balaban J connectivity index is 1.25. The van der Waals surface area contributed by atoms with Crippen LogP contribution in [0.15, 0.2) is 24.0 Å². The second-order valence-electron chi connectivity index (χ2n) is 14.1. The molecule has 2 N–H and O–H groups in total. The minimum atomic E-state index is -1.30. The summed E-state index contributed by atoms with van der Waals surface area (Å²) in [6.07, 6.45) is 1.29. The molecule has 1 aromatic carbocycles. The van der Waals surface area contributed by atoms with Gasteiger partial charge in [-0.15, -0.1) is 0 Å². The Morgan fingerprint density at radius 1 is 1.19 bits per heavy atom. The lowest BCUT2D eigenvalue weighted by atomic mass is 9.50. The van der Waals surface area contributed by atoms with E-state index in [2.05, 4.69) is 10.2 Å². The van der Waals surface area contributed by atoms with Crippen LogP contribution in [0.5, 0.6) is 11.5 Å². The maximum atomic E-state index is 13.3. The quantitative estimate of drug-likeness (QED) is 0.190. The van der Waals surface area contributed by atoms with Crippen LogP contribution in [0.4, 0.5) is 4.79 Å². The highest BCUT2D eigenvalue weighted by molar-refractivity contribution is 5.83. The molecule has 2 heterocycles. The van der Waals surface area contributed by atoms with Gasteiger partial charge in [-0.2, -0.15) is 0 Å². The fourth-order valence-electron chi connectivity index (χ4n) is 7.47. The minimum Gasteiger partial charge on any atom is -0.493 e. The van der Waals surface area contributed by atoms with E-state index >= 15 is 0 Å². The van der Waals surface area contributed by atoms with Gasteiger partial charge in [-0.25, -0.2) is 14.4 Å². The Morgan fingerprint density at radius 2 is 1.94 bits per heavy atom. The van der Waals surface area contributed by atoms with E-state index in [1.54, 1.807) is 34.0 Å². The first-order valence-electron chi connectivity index (χ1n) is 16.7. The molecule has 0 saturated carbocycles.